The van der Waals surface area contributed by atoms with Crippen LogP contribution in [0.1, 0.15) is 87.8 Å². The Balaban J connectivity index is 1.13. The Hall–Kier alpha value is -6.60. The first-order chi connectivity index (χ1) is 28.8. The quantitative estimate of drug-likeness (QED) is 0.178. The van der Waals surface area contributed by atoms with Crippen LogP contribution < -0.4 is 0 Å². The predicted molar refractivity (Wildman–Crippen MR) is 245 cm³/mol. The molecular weight excluding hydrogens is 737 g/mol. The lowest BCUT2D eigenvalue weighted by Gasteiger charge is -2.37. The van der Waals surface area contributed by atoms with Crippen LogP contribution in [0.15, 0.2) is 133 Å². The molecule has 0 saturated heterocycles. The van der Waals surface area contributed by atoms with E-state index in [1.54, 1.807) is 0 Å². The van der Waals surface area contributed by atoms with E-state index in [0.29, 0.717) is 12.3 Å². The lowest BCUT2D eigenvalue weighted by atomic mass is 9.76. The zero-order valence-corrected chi connectivity index (χ0v) is 35.5. The minimum Gasteiger partial charge on any atom is -0.464 e. The third-order valence-electron chi connectivity index (χ3n) is 13.4. The number of hydrogen-bond donors (Lipinski definition) is 0. The number of rotatable bonds is 4. The van der Waals surface area contributed by atoms with Crippen LogP contribution >= 0.6 is 0 Å². The van der Waals surface area contributed by atoms with E-state index >= 15 is 0 Å². The maximum Gasteiger partial charge on any atom is 0.217 e. The van der Waals surface area contributed by atoms with E-state index in [9.17, 15) is 0 Å². The van der Waals surface area contributed by atoms with Gasteiger partial charge in [-0.15, -0.1) is 0 Å². The molecule has 1 aliphatic carbocycles. The van der Waals surface area contributed by atoms with Gasteiger partial charge in [-0.25, -0.2) is 9.98 Å². The summed E-state index contributed by atoms with van der Waals surface area (Å²) in [6, 6.07) is 35.9. The highest BCUT2D eigenvalue weighted by molar-refractivity contribution is 6.12. The fraction of sp³-hybridized carbons (Fsp3) is 0.245. The van der Waals surface area contributed by atoms with Crippen molar-refractivity contribution in [1.82, 2.24) is 24.1 Å². The van der Waals surface area contributed by atoms with Gasteiger partial charge in [0.25, 0.3) is 0 Å². The Bertz CT molecular complexity index is 3290. The molecule has 0 N–H and O–H groups in total. The number of pyridine rings is 3. The molecule has 7 nitrogen and oxygen atoms in total. The van der Waals surface area contributed by atoms with Crippen molar-refractivity contribution in [2.45, 2.75) is 84.3 Å². The van der Waals surface area contributed by atoms with E-state index < -0.39 is 11.1 Å². The van der Waals surface area contributed by atoms with Gasteiger partial charge in [-0.2, -0.15) is 0 Å². The Labute approximate surface area is 350 Å². The minimum absolute atomic E-state index is 0.0269. The molecule has 9 aromatic rings. The summed E-state index contributed by atoms with van der Waals surface area (Å²) < 4.78 is 12.0. The first kappa shape index (κ1) is 36.5. The molecule has 1 aliphatic heterocycles. The molecule has 0 radical (unpaired) electrons. The van der Waals surface area contributed by atoms with E-state index in [1.807, 2.05) is 37.1 Å². The lowest BCUT2D eigenvalue weighted by Crippen LogP contribution is -2.45. The molecule has 2 atom stereocenters. The molecule has 11 rings (SSSR count). The number of hydrogen-bond acceptors (Lipinski definition) is 5. The molecule has 0 spiro atoms. The zero-order valence-electron chi connectivity index (χ0n) is 35.5. The van der Waals surface area contributed by atoms with Gasteiger partial charge < -0.3 is 9.30 Å². The van der Waals surface area contributed by atoms with Gasteiger partial charge in [-0.05, 0) is 128 Å². The number of benzene rings is 4. The van der Waals surface area contributed by atoms with Gasteiger partial charge in [0.15, 0.2) is 5.60 Å². The van der Waals surface area contributed by atoms with Crippen LogP contribution in [0.3, 0.4) is 0 Å². The van der Waals surface area contributed by atoms with E-state index in [-0.39, 0.29) is 11.3 Å². The SMILES string of the molecule is Cc1ccc2c(c1)c1ccc(-n3c4ccc(C(C)(C)C)cc4c4cccnc43)cc1n2-c1cc(C2=N[C@]3(C)Cc4ccncc4-c4cnccc4[C@]3(C)O2)cc(C(C)C)c1. The van der Waals surface area contributed by atoms with E-state index in [1.165, 1.54) is 38.4 Å². The van der Waals surface area contributed by atoms with E-state index in [0.717, 1.165) is 61.2 Å². The van der Waals surface area contributed by atoms with Crippen molar-refractivity contribution < 1.29 is 4.74 Å². The summed E-state index contributed by atoms with van der Waals surface area (Å²) in [5, 5.41) is 4.79. The third kappa shape index (κ3) is 5.27. The third-order valence-corrected chi connectivity index (χ3v) is 13.4. The molecule has 296 valence electrons. The summed E-state index contributed by atoms with van der Waals surface area (Å²) in [4.78, 5) is 19.6. The number of ether oxygens (including phenoxy) is 1. The number of aromatic nitrogens is 5. The maximum absolute atomic E-state index is 7.24. The van der Waals surface area contributed by atoms with Gasteiger partial charge in [0.05, 0.1) is 16.6 Å². The summed E-state index contributed by atoms with van der Waals surface area (Å²) in [5.41, 5.74) is 14.4. The Morgan fingerprint density at radius 3 is 2.27 bits per heavy atom. The highest BCUT2D eigenvalue weighted by atomic mass is 16.5. The second-order valence-electron chi connectivity index (χ2n) is 18.7. The van der Waals surface area contributed by atoms with E-state index in [4.69, 9.17) is 14.7 Å². The van der Waals surface area contributed by atoms with Crippen LogP contribution in [0.4, 0.5) is 0 Å². The normalized spacial score (nSPS) is 18.8. The molecule has 4 aromatic carbocycles. The average molecular weight is 785 g/mol. The molecule has 5 aromatic heterocycles. The first-order valence-corrected chi connectivity index (χ1v) is 21.1. The van der Waals surface area contributed by atoms with Gasteiger partial charge in [0.2, 0.25) is 5.90 Å². The second kappa shape index (κ2) is 12.7. The van der Waals surface area contributed by atoms with Crippen LogP contribution in [0.5, 0.6) is 0 Å². The molecule has 0 unspecified atom stereocenters. The van der Waals surface area contributed by atoms with Crippen LogP contribution in [0, 0.1) is 6.92 Å². The number of aliphatic imine (C=N–C) groups is 1. The van der Waals surface area contributed by atoms with Crippen molar-refractivity contribution >= 4 is 49.6 Å². The van der Waals surface area contributed by atoms with Crippen molar-refractivity contribution in [3.8, 4) is 22.5 Å². The Morgan fingerprint density at radius 1 is 0.683 bits per heavy atom. The fourth-order valence-corrected chi connectivity index (χ4v) is 9.88. The van der Waals surface area contributed by atoms with Crippen LogP contribution in [0.25, 0.3) is 66.2 Å². The van der Waals surface area contributed by atoms with Crippen molar-refractivity contribution in [2.75, 3.05) is 0 Å². The predicted octanol–water partition coefficient (Wildman–Crippen LogP) is 12.5. The standard InChI is InChI=1S/C53H48N6O/c1-31(2)34-23-35(50-57-52(7)28-33-17-20-54-29-43(33)44-30-55-21-18-45(44)53(52,8)60-50)25-38(24-34)58-46-15-11-32(3)22-41(46)39-14-13-37(27-48(39)58)59-47-16-12-36(51(4,5)6)26-42(47)40-10-9-19-56-49(40)59/h9-27,29-31H,28H2,1-8H3/t52-,53+/m1/s1. The van der Waals surface area contributed by atoms with Crippen molar-refractivity contribution in [1.29, 1.82) is 0 Å². The summed E-state index contributed by atoms with van der Waals surface area (Å²) >= 11 is 0. The van der Waals surface area contributed by atoms with Gasteiger partial charge >= 0.3 is 0 Å². The smallest absolute Gasteiger partial charge is 0.217 e. The average Bonchev–Trinajstić information content (AvgIpc) is 3.82. The molecule has 0 saturated carbocycles. The first-order valence-electron chi connectivity index (χ1n) is 21.1. The van der Waals surface area contributed by atoms with Crippen LogP contribution in [-0.2, 0) is 22.2 Å². The fourth-order valence-electron chi connectivity index (χ4n) is 9.88. The Morgan fingerprint density at radius 2 is 1.45 bits per heavy atom. The maximum atomic E-state index is 7.24. The topological polar surface area (TPSA) is 70.1 Å². The zero-order chi connectivity index (χ0) is 41.3. The lowest BCUT2D eigenvalue weighted by molar-refractivity contribution is 0.0319. The molecule has 0 bridgehead atoms. The minimum atomic E-state index is -0.739. The summed E-state index contributed by atoms with van der Waals surface area (Å²) in [6.07, 6.45) is 10.2. The van der Waals surface area contributed by atoms with Gasteiger partial charge in [0, 0.05) is 92.6 Å². The molecular formula is C53H48N6O. The highest BCUT2D eigenvalue weighted by Gasteiger charge is 2.56. The van der Waals surface area contributed by atoms with Crippen molar-refractivity contribution in [3.05, 3.63) is 161 Å². The molecule has 0 fully saturated rings. The highest BCUT2D eigenvalue weighted by Crippen LogP contribution is 2.52. The molecule has 6 heterocycles. The molecule has 60 heavy (non-hydrogen) atoms. The molecule has 7 heteroatoms. The molecule has 0 amide bonds. The largest absolute Gasteiger partial charge is 0.464 e. The summed E-state index contributed by atoms with van der Waals surface area (Å²) in [7, 11) is 0. The van der Waals surface area contributed by atoms with Crippen molar-refractivity contribution in [2.24, 2.45) is 4.99 Å². The van der Waals surface area contributed by atoms with Gasteiger partial charge in [0.1, 0.15) is 11.2 Å². The van der Waals surface area contributed by atoms with E-state index in [2.05, 4.69) is 165 Å². The number of aryl methyl sites for hydroxylation is 1. The monoisotopic (exact) mass is 784 g/mol. The molecule has 2 aliphatic rings. The summed E-state index contributed by atoms with van der Waals surface area (Å²) in [5.74, 6) is 0.924. The van der Waals surface area contributed by atoms with Gasteiger partial charge in [-0.1, -0.05) is 58.4 Å². The number of nitrogens with zero attached hydrogens (tertiary/aromatic N) is 6. The van der Waals surface area contributed by atoms with Crippen molar-refractivity contribution in [3.63, 3.8) is 0 Å². The van der Waals surface area contributed by atoms with Crippen LogP contribution in [0.2, 0.25) is 0 Å². The van der Waals surface area contributed by atoms with Gasteiger partial charge in [-0.3, -0.25) is 14.5 Å². The van der Waals surface area contributed by atoms with Crippen LogP contribution in [-0.4, -0.2) is 35.5 Å². The Kier molecular flexibility index (Phi) is 7.72. The summed E-state index contributed by atoms with van der Waals surface area (Å²) in [6.45, 7) is 17.9. The number of fused-ring (bicyclic) bond motifs is 11. The second-order valence-corrected chi connectivity index (χ2v) is 18.7.